The lowest BCUT2D eigenvalue weighted by Gasteiger charge is -2.28. The van der Waals surface area contributed by atoms with Crippen LogP contribution < -0.4 is 15.0 Å². The largest absolute Gasteiger partial charge is 0.482 e. The minimum Gasteiger partial charge on any atom is -0.482 e. The molecule has 1 aliphatic heterocycles. The van der Waals surface area contributed by atoms with Gasteiger partial charge in [-0.2, -0.15) is 0 Å². The predicted octanol–water partition coefficient (Wildman–Crippen LogP) is 2.34. The van der Waals surface area contributed by atoms with E-state index in [4.69, 9.17) is 4.74 Å². The van der Waals surface area contributed by atoms with Crippen molar-refractivity contribution < 1.29 is 14.3 Å². The molecular formula is C15H18N2O3. The number of nitrogens with one attached hydrogen (secondary N) is 1. The minimum atomic E-state index is -0.116. The van der Waals surface area contributed by atoms with Gasteiger partial charge in [-0.25, -0.2) is 0 Å². The monoisotopic (exact) mass is 274 g/mol. The van der Waals surface area contributed by atoms with Crippen LogP contribution in [0.5, 0.6) is 5.75 Å². The van der Waals surface area contributed by atoms with Gasteiger partial charge in [-0.05, 0) is 24.6 Å². The number of carbonyl (C=O) groups excluding carboxylic acids is 2. The van der Waals surface area contributed by atoms with Crippen LogP contribution in [-0.4, -0.2) is 25.0 Å². The molecule has 1 aromatic carbocycles. The van der Waals surface area contributed by atoms with Crippen LogP contribution >= 0.6 is 0 Å². The number of hydrogen-bond donors (Lipinski definition) is 1. The van der Waals surface area contributed by atoms with Gasteiger partial charge in [0.2, 0.25) is 5.91 Å². The predicted molar refractivity (Wildman–Crippen MR) is 78.0 cm³/mol. The highest BCUT2D eigenvalue weighted by atomic mass is 16.5. The molecule has 0 saturated heterocycles. The van der Waals surface area contributed by atoms with Crippen LogP contribution in [-0.2, 0) is 9.59 Å². The molecule has 0 bridgehead atoms. The number of ether oxygens (including phenoxy) is 1. The van der Waals surface area contributed by atoms with Crippen molar-refractivity contribution >= 4 is 23.2 Å². The summed E-state index contributed by atoms with van der Waals surface area (Å²) in [5.41, 5.74) is 1.32. The van der Waals surface area contributed by atoms with Crippen LogP contribution in [0, 0.1) is 0 Å². The second-order valence-electron chi connectivity index (χ2n) is 4.56. The Balaban J connectivity index is 2.25. The molecule has 5 heteroatoms. The third kappa shape index (κ3) is 2.99. The third-order valence-corrected chi connectivity index (χ3v) is 2.97. The first-order chi connectivity index (χ1) is 9.65. The van der Waals surface area contributed by atoms with Gasteiger partial charge in [0.15, 0.2) is 6.61 Å². The van der Waals surface area contributed by atoms with E-state index < -0.39 is 0 Å². The Kier molecular flexibility index (Phi) is 4.40. The molecule has 0 saturated carbocycles. The van der Waals surface area contributed by atoms with E-state index in [1.54, 1.807) is 29.2 Å². The Bertz CT molecular complexity index is 540. The van der Waals surface area contributed by atoms with Crippen LogP contribution in [0.15, 0.2) is 30.9 Å². The zero-order valence-electron chi connectivity index (χ0n) is 11.5. The van der Waals surface area contributed by atoms with Crippen LogP contribution in [0.2, 0.25) is 0 Å². The van der Waals surface area contributed by atoms with Gasteiger partial charge in [-0.3, -0.25) is 9.59 Å². The average Bonchev–Trinajstić information content (AvgIpc) is 2.42. The molecular weight excluding hydrogens is 256 g/mol. The van der Waals surface area contributed by atoms with Crippen LogP contribution in [0.25, 0.3) is 0 Å². The maximum absolute atomic E-state index is 11.8. The molecule has 0 aliphatic carbocycles. The fourth-order valence-electron chi connectivity index (χ4n) is 2.06. The Hall–Kier alpha value is -2.30. The Labute approximate surface area is 118 Å². The van der Waals surface area contributed by atoms with Crippen molar-refractivity contribution in [2.45, 2.75) is 19.8 Å². The van der Waals surface area contributed by atoms with Gasteiger partial charge in [-0.15, -0.1) is 6.58 Å². The molecule has 0 atom stereocenters. The molecule has 2 amide bonds. The molecule has 1 aromatic rings. The van der Waals surface area contributed by atoms with Crippen molar-refractivity contribution in [2.24, 2.45) is 0 Å². The molecule has 0 spiro atoms. The smallest absolute Gasteiger partial charge is 0.265 e. The molecule has 1 aliphatic rings. The van der Waals surface area contributed by atoms with Crippen molar-refractivity contribution in [2.75, 3.05) is 23.4 Å². The van der Waals surface area contributed by atoms with Gasteiger partial charge in [0.1, 0.15) is 5.75 Å². The normalized spacial score (nSPS) is 13.4. The van der Waals surface area contributed by atoms with E-state index in [1.165, 1.54) is 0 Å². The second-order valence-corrected chi connectivity index (χ2v) is 4.56. The quantitative estimate of drug-likeness (QED) is 0.838. The summed E-state index contributed by atoms with van der Waals surface area (Å²) < 4.78 is 5.38. The molecule has 0 unspecified atom stereocenters. The van der Waals surface area contributed by atoms with E-state index in [2.05, 4.69) is 11.9 Å². The number of carbonyl (C=O) groups is 2. The van der Waals surface area contributed by atoms with Crippen molar-refractivity contribution in [1.82, 2.24) is 0 Å². The fourth-order valence-corrected chi connectivity index (χ4v) is 2.06. The summed E-state index contributed by atoms with van der Waals surface area (Å²) in [5, 5.41) is 2.81. The van der Waals surface area contributed by atoms with Gasteiger partial charge in [0.25, 0.3) is 5.91 Å². The van der Waals surface area contributed by atoms with Crippen LogP contribution in [0.3, 0.4) is 0 Å². The molecule has 1 heterocycles. The number of anilines is 2. The standard InChI is InChI=1S/C15H18N2O3/c1-3-5-14(18)16-11-6-7-13-12(9-11)17(8-4-2)15(19)10-20-13/h4,6-7,9H,2-3,5,8,10H2,1H3,(H,16,18). The highest BCUT2D eigenvalue weighted by molar-refractivity contribution is 5.99. The molecule has 0 fully saturated rings. The molecule has 106 valence electrons. The lowest BCUT2D eigenvalue weighted by atomic mass is 10.2. The summed E-state index contributed by atoms with van der Waals surface area (Å²) in [6.45, 7) is 6.05. The van der Waals surface area contributed by atoms with E-state index in [0.717, 1.165) is 6.42 Å². The maximum atomic E-state index is 11.8. The molecule has 0 radical (unpaired) electrons. The Morgan fingerprint density at radius 3 is 3.05 bits per heavy atom. The number of hydrogen-bond acceptors (Lipinski definition) is 3. The molecule has 2 rings (SSSR count). The second kappa shape index (κ2) is 6.23. The number of rotatable bonds is 5. The van der Waals surface area contributed by atoms with Gasteiger partial charge in [0, 0.05) is 18.7 Å². The van der Waals surface area contributed by atoms with Gasteiger partial charge < -0.3 is 15.0 Å². The molecule has 0 aromatic heterocycles. The number of benzene rings is 1. The summed E-state index contributed by atoms with van der Waals surface area (Å²) >= 11 is 0. The average molecular weight is 274 g/mol. The first-order valence-corrected chi connectivity index (χ1v) is 6.63. The minimum absolute atomic E-state index is 0.0301. The number of fused-ring (bicyclic) bond motifs is 1. The Morgan fingerprint density at radius 1 is 1.55 bits per heavy atom. The number of nitrogens with zero attached hydrogens (tertiary/aromatic N) is 1. The highest BCUT2D eigenvalue weighted by Crippen LogP contribution is 2.34. The zero-order valence-corrected chi connectivity index (χ0v) is 11.5. The molecule has 5 nitrogen and oxygen atoms in total. The first-order valence-electron chi connectivity index (χ1n) is 6.63. The third-order valence-electron chi connectivity index (χ3n) is 2.97. The van der Waals surface area contributed by atoms with Crippen molar-refractivity contribution in [1.29, 1.82) is 0 Å². The van der Waals surface area contributed by atoms with Gasteiger partial charge in [0.05, 0.1) is 5.69 Å². The van der Waals surface area contributed by atoms with Gasteiger partial charge in [-0.1, -0.05) is 13.0 Å². The maximum Gasteiger partial charge on any atom is 0.265 e. The summed E-state index contributed by atoms with van der Waals surface area (Å²) in [5.74, 6) is 0.486. The summed E-state index contributed by atoms with van der Waals surface area (Å²) in [6, 6.07) is 5.29. The topological polar surface area (TPSA) is 58.6 Å². The van der Waals surface area contributed by atoms with Crippen molar-refractivity contribution in [3.05, 3.63) is 30.9 Å². The van der Waals surface area contributed by atoms with E-state index in [-0.39, 0.29) is 18.4 Å². The van der Waals surface area contributed by atoms with Crippen molar-refractivity contribution in [3.8, 4) is 5.75 Å². The first kappa shape index (κ1) is 14.1. The summed E-state index contributed by atoms with van der Waals surface area (Å²) in [4.78, 5) is 25.1. The molecule has 1 N–H and O–H groups in total. The van der Waals surface area contributed by atoms with E-state index in [1.807, 2.05) is 6.92 Å². The van der Waals surface area contributed by atoms with Crippen molar-refractivity contribution in [3.63, 3.8) is 0 Å². The van der Waals surface area contributed by atoms with Crippen LogP contribution in [0.1, 0.15) is 19.8 Å². The fraction of sp³-hybridized carbons (Fsp3) is 0.333. The molecule has 20 heavy (non-hydrogen) atoms. The lowest BCUT2D eigenvalue weighted by Crippen LogP contribution is -2.38. The SMILES string of the molecule is C=CCN1C(=O)COc2ccc(NC(=O)CCC)cc21. The van der Waals surface area contributed by atoms with E-state index in [9.17, 15) is 9.59 Å². The zero-order chi connectivity index (χ0) is 14.5. The lowest BCUT2D eigenvalue weighted by molar-refractivity contribution is -0.121. The summed E-state index contributed by atoms with van der Waals surface area (Å²) in [7, 11) is 0. The van der Waals surface area contributed by atoms with Crippen LogP contribution in [0.4, 0.5) is 11.4 Å². The van der Waals surface area contributed by atoms with Gasteiger partial charge >= 0.3 is 0 Å². The van der Waals surface area contributed by atoms with E-state index >= 15 is 0 Å². The van der Waals surface area contributed by atoms with E-state index in [0.29, 0.717) is 30.1 Å². The highest BCUT2D eigenvalue weighted by Gasteiger charge is 2.24. The number of amides is 2. The summed E-state index contributed by atoms with van der Waals surface area (Å²) in [6.07, 6.45) is 2.93. The Morgan fingerprint density at radius 2 is 2.35 bits per heavy atom.